The van der Waals surface area contributed by atoms with Gasteiger partial charge in [0.1, 0.15) is 17.3 Å². The molecule has 0 unspecified atom stereocenters. The van der Waals surface area contributed by atoms with Crippen LogP contribution in [0.2, 0.25) is 0 Å². The highest BCUT2D eigenvalue weighted by atomic mass is 19.1. The van der Waals surface area contributed by atoms with Gasteiger partial charge in [-0.3, -0.25) is 4.79 Å². The van der Waals surface area contributed by atoms with Gasteiger partial charge in [-0.2, -0.15) is 0 Å². The van der Waals surface area contributed by atoms with Crippen LogP contribution in [-0.4, -0.2) is 10.8 Å². The van der Waals surface area contributed by atoms with Crippen LogP contribution in [0.15, 0.2) is 36.4 Å². The maximum absolute atomic E-state index is 13.4. The SMILES string of the molecule is Cc1cccc(C(=O)c2c(F)cccc2F)n1. The third kappa shape index (κ3) is 2.20. The maximum Gasteiger partial charge on any atom is 0.217 e. The van der Waals surface area contributed by atoms with Gasteiger partial charge in [-0.1, -0.05) is 12.1 Å². The molecule has 0 radical (unpaired) electrons. The van der Waals surface area contributed by atoms with Crippen molar-refractivity contribution in [2.45, 2.75) is 6.92 Å². The quantitative estimate of drug-likeness (QED) is 0.746. The second-order valence-corrected chi connectivity index (χ2v) is 3.59. The Balaban J connectivity index is 2.51. The Hall–Kier alpha value is -2.10. The molecule has 0 aliphatic heterocycles. The van der Waals surface area contributed by atoms with Crippen molar-refractivity contribution in [1.29, 1.82) is 0 Å². The van der Waals surface area contributed by atoms with Crippen molar-refractivity contribution >= 4 is 5.78 Å². The molecule has 1 aromatic carbocycles. The third-order valence-corrected chi connectivity index (χ3v) is 2.31. The summed E-state index contributed by atoms with van der Waals surface area (Å²) in [5.41, 5.74) is 0.0900. The molecule has 0 aliphatic rings. The van der Waals surface area contributed by atoms with Crippen LogP contribution >= 0.6 is 0 Å². The van der Waals surface area contributed by atoms with Gasteiger partial charge in [-0.15, -0.1) is 0 Å². The van der Waals surface area contributed by atoms with E-state index in [4.69, 9.17) is 0 Å². The molecule has 0 bridgehead atoms. The van der Waals surface area contributed by atoms with E-state index in [-0.39, 0.29) is 5.69 Å². The van der Waals surface area contributed by atoms with Crippen LogP contribution in [0.4, 0.5) is 8.78 Å². The molecule has 1 heterocycles. The lowest BCUT2D eigenvalue weighted by Crippen LogP contribution is -2.09. The van der Waals surface area contributed by atoms with E-state index in [2.05, 4.69) is 4.98 Å². The van der Waals surface area contributed by atoms with Crippen molar-refractivity contribution in [2.75, 3.05) is 0 Å². The number of benzene rings is 1. The van der Waals surface area contributed by atoms with E-state index in [1.807, 2.05) is 0 Å². The second kappa shape index (κ2) is 4.41. The van der Waals surface area contributed by atoms with Crippen LogP contribution < -0.4 is 0 Å². The van der Waals surface area contributed by atoms with Crippen molar-refractivity contribution < 1.29 is 13.6 Å². The number of hydrogen-bond donors (Lipinski definition) is 0. The summed E-state index contributed by atoms with van der Waals surface area (Å²) in [5.74, 6) is -2.50. The lowest BCUT2D eigenvalue weighted by atomic mass is 10.1. The van der Waals surface area contributed by atoms with Crippen molar-refractivity contribution in [3.63, 3.8) is 0 Å². The summed E-state index contributed by atoms with van der Waals surface area (Å²) in [6, 6.07) is 8.06. The fraction of sp³-hybridized carbons (Fsp3) is 0.0769. The highest BCUT2D eigenvalue weighted by Crippen LogP contribution is 2.16. The van der Waals surface area contributed by atoms with Crippen LogP contribution in [0.3, 0.4) is 0 Å². The van der Waals surface area contributed by atoms with Crippen LogP contribution in [0.5, 0.6) is 0 Å². The van der Waals surface area contributed by atoms with E-state index < -0.39 is 23.0 Å². The fourth-order valence-corrected chi connectivity index (χ4v) is 1.51. The number of nitrogens with zero attached hydrogens (tertiary/aromatic N) is 1. The van der Waals surface area contributed by atoms with Gasteiger partial charge >= 0.3 is 0 Å². The monoisotopic (exact) mass is 233 g/mol. The van der Waals surface area contributed by atoms with E-state index in [0.29, 0.717) is 5.69 Å². The van der Waals surface area contributed by atoms with Gasteiger partial charge in [-0.05, 0) is 31.2 Å². The number of pyridine rings is 1. The van der Waals surface area contributed by atoms with Gasteiger partial charge in [0, 0.05) is 5.69 Å². The van der Waals surface area contributed by atoms with E-state index in [1.165, 1.54) is 12.1 Å². The average molecular weight is 233 g/mol. The Bertz CT molecular complexity index is 561. The van der Waals surface area contributed by atoms with E-state index in [9.17, 15) is 13.6 Å². The van der Waals surface area contributed by atoms with Crippen molar-refractivity contribution in [2.24, 2.45) is 0 Å². The highest BCUT2D eigenvalue weighted by molar-refractivity contribution is 6.08. The topological polar surface area (TPSA) is 30.0 Å². The fourth-order valence-electron chi connectivity index (χ4n) is 1.51. The predicted octanol–water partition coefficient (Wildman–Crippen LogP) is 2.90. The van der Waals surface area contributed by atoms with Gasteiger partial charge in [0.2, 0.25) is 5.78 Å². The molecule has 0 N–H and O–H groups in total. The second-order valence-electron chi connectivity index (χ2n) is 3.59. The number of aromatic nitrogens is 1. The van der Waals surface area contributed by atoms with E-state index >= 15 is 0 Å². The first kappa shape index (κ1) is 11.4. The summed E-state index contributed by atoms with van der Waals surface area (Å²) in [6.45, 7) is 1.70. The first-order chi connectivity index (χ1) is 8.09. The zero-order valence-electron chi connectivity index (χ0n) is 9.08. The van der Waals surface area contributed by atoms with Crippen LogP contribution in [0.1, 0.15) is 21.7 Å². The molecule has 0 fully saturated rings. The molecule has 86 valence electrons. The standard InChI is InChI=1S/C13H9F2NO/c1-8-4-2-7-11(16-8)13(17)12-9(14)5-3-6-10(12)15/h2-7H,1H3. The summed E-state index contributed by atoms with van der Waals surface area (Å²) in [6.07, 6.45) is 0. The van der Waals surface area contributed by atoms with E-state index in [1.54, 1.807) is 19.1 Å². The molecular weight excluding hydrogens is 224 g/mol. The molecule has 0 spiro atoms. The number of carbonyl (C=O) groups is 1. The first-order valence-electron chi connectivity index (χ1n) is 5.02. The molecule has 0 saturated carbocycles. The minimum Gasteiger partial charge on any atom is -0.287 e. The Morgan fingerprint density at radius 1 is 1.06 bits per heavy atom. The molecule has 4 heteroatoms. The Morgan fingerprint density at radius 2 is 1.65 bits per heavy atom. The molecule has 2 aromatic rings. The molecule has 2 nitrogen and oxygen atoms in total. The van der Waals surface area contributed by atoms with Gasteiger partial charge < -0.3 is 0 Å². The molecule has 0 amide bonds. The number of aryl methyl sites for hydroxylation is 1. The zero-order chi connectivity index (χ0) is 12.4. The summed E-state index contributed by atoms with van der Waals surface area (Å²) in [5, 5.41) is 0. The molecule has 0 atom stereocenters. The Kier molecular flexibility index (Phi) is 2.95. The molecule has 1 aromatic heterocycles. The predicted molar refractivity (Wildman–Crippen MR) is 58.8 cm³/mol. The smallest absolute Gasteiger partial charge is 0.217 e. The minimum absolute atomic E-state index is 0.0361. The first-order valence-corrected chi connectivity index (χ1v) is 5.02. The lowest BCUT2D eigenvalue weighted by Gasteiger charge is -2.04. The molecule has 0 aliphatic carbocycles. The Labute approximate surface area is 96.9 Å². The number of carbonyl (C=O) groups excluding carboxylic acids is 1. The van der Waals surface area contributed by atoms with E-state index in [0.717, 1.165) is 12.1 Å². The van der Waals surface area contributed by atoms with Crippen LogP contribution in [0, 0.1) is 18.6 Å². The Morgan fingerprint density at radius 3 is 2.24 bits per heavy atom. The molecule has 2 rings (SSSR count). The average Bonchev–Trinajstić information content (AvgIpc) is 2.28. The highest BCUT2D eigenvalue weighted by Gasteiger charge is 2.19. The van der Waals surface area contributed by atoms with Crippen molar-refractivity contribution in [1.82, 2.24) is 4.98 Å². The number of hydrogen-bond acceptors (Lipinski definition) is 2. The van der Waals surface area contributed by atoms with Crippen molar-refractivity contribution in [3.8, 4) is 0 Å². The van der Waals surface area contributed by atoms with Crippen molar-refractivity contribution in [3.05, 3.63) is 65.0 Å². The van der Waals surface area contributed by atoms with Gasteiger partial charge in [0.25, 0.3) is 0 Å². The lowest BCUT2D eigenvalue weighted by molar-refractivity contribution is 0.102. The number of rotatable bonds is 2. The summed E-state index contributed by atoms with van der Waals surface area (Å²) < 4.78 is 26.8. The van der Waals surface area contributed by atoms with Crippen LogP contribution in [-0.2, 0) is 0 Å². The number of ketones is 1. The van der Waals surface area contributed by atoms with Gasteiger partial charge in [-0.25, -0.2) is 13.8 Å². The summed E-state index contributed by atoms with van der Waals surface area (Å²) in [4.78, 5) is 15.8. The van der Waals surface area contributed by atoms with Crippen LogP contribution in [0.25, 0.3) is 0 Å². The molecular formula is C13H9F2NO. The largest absolute Gasteiger partial charge is 0.287 e. The summed E-state index contributed by atoms with van der Waals surface area (Å²) >= 11 is 0. The third-order valence-electron chi connectivity index (χ3n) is 2.31. The minimum atomic E-state index is -0.877. The number of halogens is 2. The van der Waals surface area contributed by atoms with Gasteiger partial charge in [0.15, 0.2) is 0 Å². The molecule has 17 heavy (non-hydrogen) atoms. The van der Waals surface area contributed by atoms with Gasteiger partial charge in [0.05, 0.1) is 5.56 Å². The zero-order valence-corrected chi connectivity index (χ0v) is 9.08. The summed E-state index contributed by atoms with van der Waals surface area (Å²) in [7, 11) is 0. The normalized spacial score (nSPS) is 10.3. The molecule has 0 saturated heterocycles. The maximum atomic E-state index is 13.4.